The van der Waals surface area contributed by atoms with E-state index >= 15 is 0 Å². The molecule has 5 heteroatoms. The number of rotatable bonds is 6. The fourth-order valence-corrected chi connectivity index (χ4v) is 3.46. The van der Waals surface area contributed by atoms with Crippen molar-refractivity contribution < 1.29 is 13.2 Å². The summed E-state index contributed by atoms with van der Waals surface area (Å²) in [5.41, 5.74) is 5.61. The monoisotopic (exact) mass is 235 g/mol. The van der Waals surface area contributed by atoms with Crippen LogP contribution in [0.2, 0.25) is 0 Å². The summed E-state index contributed by atoms with van der Waals surface area (Å²) in [6.45, 7) is 3.74. The van der Waals surface area contributed by atoms with Crippen LogP contribution in [0, 0.1) is 5.41 Å². The first kappa shape index (κ1) is 12.9. The Morgan fingerprint density at radius 2 is 2.13 bits per heavy atom. The van der Waals surface area contributed by atoms with Crippen LogP contribution in [0.15, 0.2) is 0 Å². The molecule has 0 bridgehead atoms. The lowest BCUT2D eigenvalue weighted by Crippen LogP contribution is -2.33. The summed E-state index contributed by atoms with van der Waals surface area (Å²) in [5.74, 6) is 0.538. The maximum Gasteiger partial charge on any atom is 0.150 e. The molecule has 1 rings (SSSR count). The van der Waals surface area contributed by atoms with Gasteiger partial charge < -0.3 is 10.5 Å². The van der Waals surface area contributed by atoms with Gasteiger partial charge in [0, 0.05) is 24.3 Å². The van der Waals surface area contributed by atoms with Crippen molar-refractivity contribution in [3.63, 3.8) is 0 Å². The van der Waals surface area contributed by atoms with Gasteiger partial charge in [0.05, 0.1) is 12.4 Å². The minimum Gasteiger partial charge on any atom is -0.381 e. The van der Waals surface area contributed by atoms with E-state index in [1.165, 1.54) is 0 Å². The van der Waals surface area contributed by atoms with E-state index in [-0.39, 0.29) is 16.9 Å². The quantitative estimate of drug-likeness (QED) is 0.730. The van der Waals surface area contributed by atoms with Crippen molar-refractivity contribution in [2.24, 2.45) is 11.1 Å². The Morgan fingerprint density at radius 1 is 1.40 bits per heavy atom. The lowest BCUT2D eigenvalue weighted by molar-refractivity contribution is 0.153. The van der Waals surface area contributed by atoms with E-state index in [9.17, 15) is 8.42 Å². The summed E-state index contributed by atoms with van der Waals surface area (Å²) in [6.07, 6.45) is 2.23. The molecule has 0 aromatic rings. The van der Waals surface area contributed by atoms with E-state index < -0.39 is 9.84 Å². The summed E-state index contributed by atoms with van der Waals surface area (Å²) in [7, 11) is -2.88. The van der Waals surface area contributed by atoms with Gasteiger partial charge in [0.15, 0.2) is 0 Å². The van der Waals surface area contributed by atoms with Crippen LogP contribution in [-0.4, -0.2) is 39.7 Å². The van der Waals surface area contributed by atoms with Gasteiger partial charge >= 0.3 is 0 Å². The molecular formula is C10H21NO3S. The van der Waals surface area contributed by atoms with Gasteiger partial charge in [-0.2, -0.15) is 0 Å². The molecule has 0 amide bonds. The molecule has 90 valence electrons. The molecule has 1 atom stereocenters. The molecule has 0 radical (unpaired) electrons. The van der Waals surface area contributed by atoms with Gasteiger partial charge in [-0.05, 0) is 19.3 Å². The average molecular weight is 235 g/mol. The maximum atomic E-state index is 11.6. The third-order valence-electron chi connectivity index (χ3n) is 3.08. The largest absolute Gasteiger partial charge is 0.381 e. The molecule has 0 aromatic heterocycles. The van der Waals surface area contributed by atoms with Crippen LogP contribution < -0.4 is 5.73 Å². The predicted molar refractivity (Wildman–Crippen MR) is 60.5 cm³/mol. The van der Waals surface area contributed by atoms with Crippen molar-refractivity contribution >= 4 is 9.84 Å². The minimum atomic E-state index is -2.88. The molecule has 0 spiro atoms. The van der Waals surface area contributed by atoms with E-state index in [1.54, 1.807) is 0 Å². The Labute approximate surface area is 92.1 Å². The van der Waals surface area contributed by atoms with Crippen LogP contribution >= 0.6 is 0 Å². The molecule has 1 aliphatic rings. The lowest BCUT2D eigenvalue weighted by Gasteiger charge is -2.24. The van der Waals surface area contributed by atoms with Gasteiger partial charge in [-0.3, -0.25) is 0 Å². The van der Waals surface area contributed by atoms with Crippen molar-refractivity contribution in [2.45, 2.75) is 26.2 Å². The lowest BCUT2D eigenvalue weighted by atomic mass is 9.85. The first-order chi connectivity index (χ1) is 7.04. The highest BCUT2D eigenvalue weighted by Crippen LogP contribution is 2.31. The van der Waals surface area contributed by atoms with Gasteiger partial charge in [0.25, 0.3) is 0 Å². The zero-order valence-electron chi connectivity index (χ0n) is 9.37. The van der Waals surface area contributed by atoms with Crippen LogP contribution in [0.1, 0.15) is 26.2 Å². The molecule has 1 fully saturated rings. The van der Waals surface area contributed by atoms with Crippen LogP contribution in [0.4, 0.5) is 0 Å². The highest BCUT2D eigenvalue weighted by atomic mass is 32.2. The first-order valence-corrected chi connectivity index (χ1v) is 7.34. The minimum absolute atomic E-state index is 0.0825. The second kappa shape index (κ2) is 5.27. The average Bonchev–Trinajstić information content (AvgIpc) is 2.64. The first-order valence-electron chi connectivity index (χ1n) is 5.52. The molecule has 2 N–H and O–H groups in total. The van der Waals surface area contributed by atoms with E-state index in [0.29, 0.717) is 32.6 Å². The van der Waals surface area contributed by atoms with E-state index in [0.717, 1.165) is 6.42 Å². The number of sulfone groups is 1. The fraction of sp³-hybridized carbons (Fsp3) is 1.00. The molecule has 0 aromatic carbocycles. The molecule has 1 aliphatic heterocycles. The molecule has 15 heavy (non-hydrogen) atoms. The van der Waals surface area contributed by atoms with Gasteiger partial charge in [-0.15, -0.1) is 0 Å². The van der Waals surface area contributed by atoms with Gasteiger partial charge in [0.1, 0.15) is 9.84 Å². The third-order valence-corrected chi connectivity index (χ3v) is 4.93. The Morgan fingerprint density at radius 3 is 2.60 bits per heavy atom. The Balaban J connectivity index is 2.47. The molecule has 1 saturated heterocycles. The van der Waals surface area contributed by atoms with Gasteiger partial charge in [-0.1, -0.05) is 6.92 Å². The third kappa shape index (κ3) is 3.74. The zero-order valence-corrected chi connectivity index (χ0v) is 10.2. The van der Waals surface area contributed by atoms with Crippen LogP contribution in [0.5, 0.6) is 0 Å². The topological polar surface area (TPSA) is 69.4 Å². The number of ether oxygens (including phenoxy) is 1. The van der Waals surface area contributed by atoms with Crippen molar-refractivity contribution in [3.05, 3.63) is 0 Å². The summed E-state index contributed by atoms with van der Waals surface area (Å²) < 4.78 is 28.4. The second-order valence-electron chi connectivity index (χ2n) is 4.41. The maximum absolute atomic E-state index is 11.6. The Kier molecular flexibility index (Phi) is 4.55. The van der Waals surface area contributed by atoms with Crippen LogP contribution in [0.25, 0.3) is 0 Å². The van der Waals surface area contributed by atoms with Crippen LogP contribution in [-0.2, 0) is 14.6 Å². The van der Waals surface area contributed by atoms with Crippen LogP contribution in [0.3, 0.4) is 0 Å². The molecule has 4 nitrogen and oxygen atoms in total. The molecule has 0 aliphatic carbocycles. The summed E-state index contributed by atoms with van der Waals surface area (Å²) in [6, 6.07) is 0. The van der Waals surface area contributed by atoms with E-state index in [4.69, 9.17) is 10.5 Å². The van der Waals surface area contributed by atoms with Gasteiger partial charge in [-0.25, -0.2) is 8.42 Å². The second-order valence-corrected chi connectivity index (χ2v) is 6.71. The summed E-state index contributed by atoms with van der Waals surface area (Å²) in [4.78, 5) is 0. The Bertz CT molecular complexity index is 281. The highest BCUT2D eigenvalue weighted by Gasteiger charge is 2.34. The van der Waals surface area contributed by atoms with E-state index in [2.05, 4.69) is 0 Å². The highest BCUT2D eigenvalue weighted by molar-refractivity contribution is 7.91. The summed E-state index contributed by atoms with van der Waals surface area (Å²) >= 11 is 0. The number of nitrogens with two attached hydrogens (primary N) is 1. The normalized spacial score (nSPS) is 27.1. The molecular weight excluding hydrogens is 214 g/mol. The fourth-order valence-electron chi connectivity index (χ4n) is 1.89. The molecule has 1 heterocycles. The standard InChI is InChI=1S/C10H21NO3S/c1-2-6-15(12,13)7-4-10(8-11)3-5-14-9-10/h2-9,11H2,1H3. The van der Waals surface area contributed by atoms with Crippen molar-refractivity contribution in [3.8, 4) is 0 Å². The predicted octanol–water partition coefficient (Wildman–Crippen LogP) is 0.567. The SMILES string of the molecule is CCCS(=O)(=O)CCC1(CN)CCOC1. The summed E-state index contributed by atoms with van der Waals surface area (Å²) in [5, 5.41) is 0. The number of hydrogen-bond acceptors (Lipinski definition) is 4. The van der Waals surface area contributed by atoms with Crippen molar-refractivity contribution in [2.75, 3.05) is 31.3 Å². The van der Waals surface area contributed by atoms with Crippen molar-refractivity contribution in [1.29, 1.82) is 0 Å². The molecule has 0 saturated carbocycles. The smallest absolute Gasteiger partial charge is 0.150 e. The molecule has 1 unspecified atom stereocenters. The zero-order chi connectivity index (χ0) is 11.4. The van der Waals surface area contributed by atoms with E-state index in [1.807, 2.05) is 6.92 Å². The number of hydrogen-bond donors (Lipinski definition) is 1. The van der Waals surface area contributed by atoms with Crippen molar-refractivity contribution in [1.82, 2.24) is 0 Å². The Hall–Kier alpha value is -0.130. The van der Waals surface area contributed by atoms with Gasteiger partial charge in [0.2, 0.25) is 0 Å².